The molecule has 0 atom stereocenters. The Hall–Kier alpha value is -1.86. The Bertz CT molecular complexity index is 566. The maximum absolute atomic E-state index is 13.3. The van der Waals surface area contributed by atoms with Crippen LogP contribution in [0.2, 0.25) is 0 Å². The molecule has 1 amide bonds. The first kappa shape index (κ1) is 15.5. The van der Waals surface area contributed by atoms with Crippen LogP contribution in [0.5, 0.6) is 0 Å². The minimum atomic E-state index is -0.374. The Labute approximate surface area is 125 Å². The molecule has 0 aliphatic heterocycles. The number of hydrogen-bond donors (Lipinski definition) is 2. The van der Waals surface area contributed by atoms with Crippen LogP contribution in [-0.2, 0) is 4.79 Å². The van der Waals surface area contributed by atoms with Gasteiger partial charge in [0, 0.05) is 5.92 Å². The summed E-state index contributed by atoms with van der Waals surface area (Å²) in [7, 11) is 0. The summed E-state index contributed by atoms with van der Waals surface area (Å²) in [5.41, 5.74) is 6.37. The zero-order chi connectivity index (χ0) is 15.2. The molecule has 0 saturated heterocycles. The van der Waals surface area contributed by atoms with Crippen LogP contribution in [-0.4, -0.2) is 12.5 Å². The van der Waals surface area contributed by atoms with Gasteiger partial charge in [0.1, 0.15) is 5.82 Å². The number of anilines is 1. The van der Waals surface area contributed by atoms with E-state index in [4.69, 9.17) is 5.73 Å². The third kappa shape index (κ3) is 4.30. The molecular weight excluding hydrogens is 267 g/mol. The maximum atomic E-state index is 13.3. The highest BCUT2D eigenvalue weighted by Crippen LogP contribution is 2.29. The van der Waals surface area contributed by atoms with Crippen LogP contribution >= 0.6 is 0 Å². The molecule has 1 aliphatic rings. The SMILES string of the molecule is CC1CCC(C(=O)Nc2ccc(F)cc2C#CCN)CC1. The lowest BCUT2D eigenvalue weighted by Crippen LogP contribution is -2.26. The van der Waals surface area contributed by atoms with E-state index in [1.807, 2.05) is 0 Å². The number of amides is 1. The zero-order valence-corrected chi connectivity index (χ0v) is 12.3. The van der Waals surface area contributed by atoms with Gasteiger partial charge in [-0.3, -0.25) is 4.79 Å². The Balaban J connectivity index is 2.10. The van der Waals surface area contributed by atoms with Gasteiger partial charge in [-0.25, -0.2) is 4.39 Å². The van der Waals surface area contributed by atoms with Gasteiger partial charge in [0.25, 0.3) is 0 Å². The fourth-order valence-electron chi connectivity index (χ4n) is 2.63. The third-order valence-electron chi connectivity index (χ3n) is 3.95. The smallest absolute Gasteiger partial charge is 0.227 e. The second-order valence-electron chi connectivity index (χ2n) is 5.64. The van der Waals surface area contributed by atoms with Crippen molar-refractivity contribution >= 4 is 11.6 Å². The summed E-state index contributed by atoms with van der Waals surface area (Å²) in [6.07, 6.45) is 4.00. The van der Waals surface area contributed by atoms with E-state index in [-0.39, 0.29) is 24.2 Å². The van der Waals surface area contributed by atoms with Crippen LogP contribution < -0.4 is 11.1 Å². The van der Waals surface area contributed by atoms with Crippen LogP contribution in [0.25, 0.3) is 0 Å². The molecule has 0 aromatic heterocycles. The lowest BCUT2D eigenvalue weighted by Gasteiger charge is -2.25. The number of carbonyl (C=O) groups is 1. The van der Waals surface area contributed by atoms with E-state index < -0.39 is 0 Å². The van der Waals surface area contributed by atoms with Crippen molar-refractivity contribution in [2.24, 2.45) is 17.6 Å². The molecule has 4 heteroatoms. The molecule has 0 radical (unpaired) electrons. The molecule has 1 fully saturated rings. The molecule has 0 bridgehead atoms. The van der Waals surface area contributed by atoms with Gasteiger partial charge in [-0.05, 0) is 49.8 Å². The first-order valence-electron chi connectivity index (χ1n) is 7.39. The summed E-state index contributed by atoms with van der Waals surface area (Å²) in [6, 6.07) is 4.20. The lowest BCUT2D eigenvalue weighted by atomic mass is 9.82. The molecule has 1 aromatic carbocycles. The van der Waals surface area contributed by atoms with Gasteiger partial charge in [-0.1, -0.05) is 18.8 Å². The van der Waals surface area contributed by atoms with Crippen molar-refractivity contribution in [2.75, 3.05) is 11.9 Å². The summed E-state index contributed by atoms with van der Waals surface area (Å²) < 4.78 is 13.3. The Morgan fingerprint density at radius 3 is 2.76 bits per heavy atom. The highest BCUT2D eigenvalue weighted by molar-refractivity contribution is 5.93. The van der Waals surface area contributed by atoms with Crippen molar-refractivity contribution in [3.63, 3.8) is 0 Å². The third-order valence-corrected chi connectivity index (χ3v) is 3.95. The number of nitrogens with two attached hydrogens (primary N) is 1. The van der Waals surface area contributed by atoms with Crippen LogP contribution in [0.15, 0.2) is 18.2 Å². The van der Waals surface area contributed by atoms with E-state index in [0.717, 1.165) is 25.7 Å². The predicted octanol–water partition coefficient (Wildman–Crippen LogP) is 2.90. The summed E-state index contributed by atoms with van der Waals surface area (Å²) in [5.74, 6) is 5.86. The number of benzene rings is 1. The van der Waals surface area contributed by atoms with Crippen molar-refractivity contribution in [2.45, 2.75) is 32.6 Å². The Morgan fingerprint density at radius 1 is 1.38 bits per heavy atom. The fraction of sp³-hybridized carbons (Fsp3) is 0.471. The molecule has 2 rings (SSSR count). The van der Waals surface area contributed by atoms with Crippen LogP contribution in [0, 0.1) is 29.5 Å². The monoisotopic (exact) mass is 288 g/mol. The molecule has 1 aromatic rings. The quantitative estimate of drug-likeness (QED) is 0.822. The lowest BCUT2D eigenvalue weighted by molar-refractivity contribution is -0.121. The first-order chi connectivity index (χ1) is 10.1. The van der Waals surface area contributed by atoms with Crippen molar-refractivity contribution in [3.05, 3.63) is 29.6 Å². The average molecular weight is 288 g/mol. The van der Waals surface area contributed by atoms with E-state index in [1.165, 1.54) is 12.1 Å². The first-order valence-corrected chi connectivity index (χ1v) is 7.39. The molecule has 0 unspecified atom stereocenters. The Morgan fingerprint density at radius 2 is 2.10 bits per heavy atom. The van der Waals surface area contributed by atoms with Gasteiger partial charge < -0.3 is 11.1 Å². The number of rotatable bonds is 2. The minimum absolute atomic E-state index is 0.00399. The number of nitrogens with one attached hydrogen (secondary N) is 1. The van der Waals surface area contributed by atoms with Crippen LogP contribution in [0.3, 0.4) is 0 Å². The van der Waals surface area contributed by atoms with Gasteiger partial charge in [0.2, 0.25) is 5.91 Å². The van der Waals surface area contributed by atoms with Crippen LogP contribution in [0.1, 0.15) is 38.2 Å². The van der Waals surface area contributed by atoms with E-state index in [9.17, 15) is 9.18 Å². The van der Waals surface area contributed by atoms with E-state index >= 15 is 0 Å². The molecule has 3 N–H and O–H groups in total. The molecular formula is C17H21FN2O. The fourth-order valence-corrected chi connectivity index (χ4v) is 2.63. The van der Waals surface area contributed by atoms with Gasteiger partial charge in [-0.2, -0.15) is 0 Å². The largest absolute Gasteiger partial charge is 0.325 e. The van der Waals surface area contributed by atoms with E-state index in [2.05, 4.69) is 24.1 Å². The molecule has 1 saturated carbocycles. The predicted molar refractivity (Wildman–Crippen MR) is 82.1 cm³/mol. The maximum Gasteiger partial charge on any atom is 0.227 e. The molecule has 112 valence electrons. The number of halogens is 1. The average Bonchev–Trinajstić information content (AvgIpc) is 2.48. The van der Waals surface area contributed by atoms with E-state index in [0.29, 0.717) is 17.2 Å². The second kappa shape index (κ2) is 7.24. The zero-order valence-electron chi connectivity index (χ0n) is 12.3. The molecule has 21 heavy (non-hydrogen) atoms. The molecule has 1 aliphatic carbocycles. The van der Waals surface area contributed by atoms with Gasteiger partial charge in [0.05, 0.1) is 17.8 Å². The standard InChI is InChI=1S/C17H21FN2O/c1-12-4-6-13(7-5-12)17(21)20-16-9-8-15(18)11-14(16)3-2-10-19/h8-9,11-13H,4-7,10,19H2,1H3,(H,20,21). The summed E-state index contributed by atoms with van der Waals surface area (Å²) >= 11 is 0. The highest BCUT2D eigenvalue weighted by Gasteiger charge is 2.24. The number of carbonyl (C=O) groups excluding carboxylic acids is 1. The van der Waals surface area contributed by atoms with Crippen molar-refractivity contribution in [3.8, 4) is 11.8 Å². The normalized spacial score (nSPS) is 21.3. The minimum Gasteiger partial charge on any atom is -0.325 e. The molecule has 0 spiro atoms. The molecule has 0 heterocycles. The van der Waals surface area contributed by atoms with Gasteiger partial charge in [-0.15, -0.1) is 0 Å². The molecule has 3 nitrogen and oxygen atoms in total. The second-order valence-corrected chi connectivity index (χ2v) is 5.64. The van der Waals surface area contributed by atoms with E-state index in [1.54, 1.807) is 6.07 Å². The van der Waals surface area contributed by atoms with Crippen molar-refractivity contribution < 1.29 is 9.18 Å². The van der Waals surface area contributed by atoms with Gasteiger partial charge in [0.15, 0.2) is 0 Å². The Kier molecular flexibility index (Phi) is 5.35. The van der Waals surface area contributed by atoms with Crippen molar-refractivity contribution in [1.29, 1.82) is 0 Å². The highest BCUT2D eigenvalue weighted by atomic mass is 19.1. The summed E-state index contributed by atoms with van der Waals surface area (Å²) in [6.45, 7) is 2.42. The van der Waals surface area contributed by atoms with Crippen LogP contribution in [0.4, 0.5) is 10.1 Å². The summed E-state index contributed by atoms with van der Waals surface area (Å²) in [5, 5.41) is 2.88. The number of hydrogen-bond acceptors (Lipinski definition) is 2. The topological polar surface area (TPSA) is 55.1 Å². The summed E-state index contributed by atoms with van der Waals surface area (Å²) in [4.78, 5) is 12.3. The van der Waals surface area contributed by atoms with Crippen molar-refractivity contribution in [1.82, 2.24) is 0 Å². The van der Waals surface area contributed by atoms with Gasteiger partial charge >= 0.3 is 0 Å².